The Hall–Kier alpha value is -3.23. The Morgan fingerprint density at radius 1 is 1.10 bits per heavy atom. The number of nitrogens with zero attached hydrogens (tertiary/aromatic N) is 2. The summed E-state index contributed by atoms with van der Waals surface area (Å²) in [5.41, 5.74) is 5.42. The van der Waals surface area contributed by atoms with E-state index in [0.717, 1.165) is 0 Å². The highest BCUT2D eigenvalue weighted by Crippen LogP contribution is 2.14. The second kappa shape index (κ2) is 5.61. The van der Waals surface area contributed by atoms with Crippen LogP contribution in [-0.4, -0.2) is 32.9 Å². The van der Waals surface area contributed by atoms with Crippen LogP contribution in [0.25, 0.3) is 0 Å². The van der Waals surface area contributed by atoms with E-state index >= 15 is 0 Å². The normalized spacial score (nSPS) is 9.80. The average molecular weight is 274 g/mol. The summed E-state index contributed by atoms with van der Waals surface area (Å²) in [6.07, 6.45) is 1.18. The predicted molar refractivity (Wildman–Crippen MR) is 68.6 cm³/mol. The van der Waals surface area contributed by atoms with Gasteiger partial charge >= 0.3 is 11.8 Å². The zero-order valence-electron chi connectivity index (χ0n) is 10.1. The van der Waals surface area contributed by atoms with E-state index in [0.29, 0.717) is 0 Å². The van der Waals surface area contributed by atoms with Gasteiger partial charge in [-0.1, -0.05) is 12.1 Å². The van der Waals surface area contributed by atoms with Gasteiger partial charge in [-0.3, -0.25) is 19.7 Å². The minimum Gasteiger partial charge on any atom is -0.366 e. The maximum Gasteiger partial charge on any atom is 0.316 e. The van der Waals surface area contributed by atoms with E-state index in [1.807, 2.05) is 0 Å². The monoisotopic (exact) mass is 274 g/mol. The highest BCUT2D eigenvalue weighted by atomic mass is 16.2. The van der Waals surface area contributed by atoms with Crippen molar-refractivity contribution in [1.29, 1.82) is 0 Å². The van der Waals surface area contributed by atoms with Gasteiger partial charge in [0.25, 0.3) is 5.91 Å². The molecule has 1 heterocycles. The number of hydrogen-bond acceptors (Lipinski definition) is 5. The molecule has 2 rings (SSSR count). The van der Waals surface area contributed by atoms with E-state index in [1.54, 1.807) is 12.1 Å². The first-order valence-corrected chi connectivity index (χ1v) is 5.44. The fraction of sp³-hybridized carbons (Fsp3) is 0. The van der Waals surface area contributed by atoms with E-state index < -0.39 is 17.7 Å². The highest BCUT2D eigenvalue weighted by molar-refractivity contribution is 6.43. The number of anilines is 2. The average Bonchev–Trinajstić information content (AvgIpc) is 2.91. The van der Waals surface area contributed by atoms with Crippen molar-refractivity contribution in [2.24, 2.45) is 5.73 Å². The molecule has 0 radical (unpaired) electrons. The number of primary amides is 1. The molecular formula is C11H10N6O3. The van der Waals surface area contributed by atoms with Crippen LogP contribution in [0.2, 0.25) is 0 Å². The number of carbonyl (C=O) groups excluding carboxylic acids is 3. The molecule has 5 N–H and O–H groups in total. The number of H-pyrrole nitrogens is 1. The van der Waals surface area contributed by atoms with Gasteiger partial charge in [0.2, 0.25) is 5.95 Å². The van der Waals surface area contributed by atoms with Crippen LogP contribution in [0.1, 0.15) is 10.4 Å². The summed E-state index contributed by atoms with van der Waals surface area (Å²) >= 11 is 0. The summed E-state index contributed by atoms with van der Waals surface area (Å²) in [6, 6.07) is 6.08. The van der Waals surface area contributed by atoms with E-state index in [1.165, 1.54) is 18.5 Å². The van der Waals surface area contributed by atoms with E-state index in [4.69, 9.17) is 5.73 Å². The number of aromatic amines is 1. The van der Waals surface area contributed by atoms with Crippen LogP contribution >= 0.6 is 0 Å². The van der Waals surface area contributed by atoms with Crippen LogP contribution in [0.4, 0.5) is 11.6 Å². The van der Waals surface area contributed by atoms with Crippen LogP contribution in [0.15, 0.2) is 30.6 Å². The molecule has 0 fully saturated rings. The van der Waals surface area contributed by atoms with E-state index in [-0.39, 0.29) is 17.2 Å². The predicted octanol–water partition coefficient (Wildman–Crippen LogP) is -0.519. The van der Waals surface area contributed by atoms with Crippen LogP contribution in [0.5, 0.6) is 0 Å². The zero-order chi connectivity index (χ0) is 14.5. The van der Waals surface area contributed by atoms with Crippen LogP contribution in [0.3, 0.4) is 0 Å². The summed E-state index contributed by atoms with van der Waals surface area (Å²) in [5.74, 6) is -2.60. The molecule has 0 saturated heterocycles. The van der Waals surface area contributed by atoms with Gasteiger partial charge in [-0.05, 0) is 12.1 Å². The Morgan fingerprint density at radius 3 is 2.45 bits per heavy atom. The molecule has 102 valence electrons. The first-order valence-electron chi connectivity index (χ1n) is 5.44. The number of benzene rings is 1. The van der Waals surface area contributed by atoms with Crippen molar-refractivity contribution < 1.29 is 14.4 Å². The van der Waals surface area contributed by atoms with E-state index in [9.17, 15) is 14.4 Å². The van der Waals surface area contributed by atoms with E-state index in [2.05, 4.69) is 25.8 Å². The van der Waals surface area contributed by atoms with Crippen LogP contribution < -0.4 is 16.4 Å². The molecule has 0 aliphatic heterocycles. The lowest BCUT2D eigenvalue weighted by molar-refractivity contribution is -0.133. The lowest BCUT2D eigenvalue weighted by Crippen LogP contribution is -2.30. The van der Waals surface area contributed by atoms with Gasteiger partial charge in [0.15, 0.2) is 0 Å². The van der Waals surface area contributed by atoms with Crippen LogP contribution in [0, 0.1) is 0 Å². The smallest absolute Gasteiger partial charge is 0.316 e. The van der Waals surface area contributed by atoms with Crippen LogP contribution in [-0.2, 0) is 9.59 Å². The van der Waals surface area contributed by atoms with Crippen molar-refractivity contribution in [2.75, 3.05) is 10.6 Å². The van der Waals surface area contributed by atoms with Gasteiger partial charge in [-0.15, -0.1) is 0 Å². The van der Waals surface area contributed by atoms with Crippen molar-refractivity contribution in [3.8, 4) is 0 Å². The lowest BCUT2D eigenvalue weighted by Gasteiger charge is -2.07. The Balaban J connectivity index is 2.08. The van der Waals surface area contributed by atoms with Gasteiger partial charge in [-0.25, -0.2) is 5.10 Å². The molecule has 0 aliphatic carbocycles. The van der Waals surface area contributed by atoms with Crippen molar-refractivity contribution in [3.05, 3.63) is 36.2 Å². The summed E-state index contributed by atoms with van der Waals surface area (Å²) in [5, 5.41) is 10.4. The Morgan fingerprint density at radius 2 is 1.80 bits per heavy atom. The molecule has 9 nitrogen and oxygen atoms in total. The standard InChI is InChI=1S/C11H10N6O3/c12-8(18)6-3-1-2-4-7(6)15-9(19)10(20)16-11-13-5-14-17-11/h1-5H,(H2,12,18)(H,15,19)(H2,13,14,16,17,20). The summed E-state index contributed by atoms with van der Waals surface area (Å²) in [6.45, 7) is 0. The number of carbonyl (C=O) groups is 3. The Bertz CT molecular complexity index is 652. The molecule has 1 aromatic heterocycles. The molecule has 9 heteroatoms. The second-order valence-electron chi connectivity index (χ2n) is 3.65. The first-order chi connectivity index (χ1) is 9.58. The molecule has 1 aromatic carbocycles. The molecule has 0 aliphatic rings. The topological polar surface area (TPSA) is 143 Å². The summed E-state index contributed by atoms with van der Waals surface area (Å²) in [4.78, 5) is 38.1. The molecule has 3 amide bonds. The van der Waals surface area contributed by atoms with Gasteiger partial charge < -0.3 is 11.1 Å². The van der Waals surface area contributed by atoms with Gasteiger partial charge in [0.1, 0.15) is 6.33 Å². The number of nitrogens with two attached hydrogens (primary N) is 1. The molecular weight excluding hydrogens is 264 g/mol. The summed E-state index contributed by atoms with van der Waals surface area (Å²) in [7, 11) is 0. The Kier molecular flexibility index (Phi) is 3.70. The number of hydrogen-bond donors (Lipinski definition) is 4. The summed E-state index contributed by atoms with van der Waals surface area (Å²) < 4.78 is 0. The Labute approximate surface area is 112 Å². The lowest BCUT2D eigenvalue weighted by atomic mass is 10.1. The van der Waals surface area contributed by atoms with Crippen molar-refractivity contribution in [1.82, 2.24) is 15.2 Å². The number of para-hydroxylation sites is 1. The molecule has 20 heavy (non-hydrogen) atoms. The minimum absolute atomic E-state index is 0.0355. The second-order valence-corrected chi connectivity index (χ2v) is 3.65. The maximum absolute atomic E-state index is 11.7. The van der Waals surface area contributed by atoms with Crippen molar-refractivity contribution in [2.45, 2.75) is 0 Å². The maximum atomic E-state index is 11.7. The largest absolute Gasteiger partial charge is 0.366 e. The molecule has 0 bridgehead atoms. The zero-order valence-corrected chi connectivity index (χ0v) is 10.1. The third-order valence-electron chi connectivity index (χ3n) is 2.29. The third-order valence-corrected chi connectivity index (χ3v) is 2.29. The molecule has 0 spiro atoms. The molecule has 0 unspecified atom stereocenters. The number of amides is 3. The first kappa shape index (κ1) is 13.2. The SMILES string of the molecule is NC(=O)c1ccccc1NC(=O)C(=O)Nc1ncn[nH]1. The highest BCUT2D eigenvalue weighted by Gasteiger charge is 2.17. The molecule has 2 aromatic rings. The molecule has 0 saturated carbocycles. The number of aromatic nitrogens is 3. The van der Waals surface area contributed by atoms with Gasteiger partial charge in [-0.2, -0.15) is 10.1 Å². The third kappa shape index (κ3) is 2.96. The van der Waals surface area contributed by atoms with Gasteiger partial charge in [0, 0.05) is 0 Å². The molecule has 0 atom stereocenters. The minimum atomic E-state index is -0.963. The fourth-order valence-electron chi connectivity index (χ4n) is 1.42. The number of rotatable bonds is 3. The van der Waals surface area contributed by atoms with Crippen molar-refractivity contribution >= 4 is 29.4 Å². The quantitative estimate of drug-likeness (QED) is 0.557. The van der Waals surface area contributed by atoms with Gasteiger partial charge in [0.05, 0.1) is 11.3 Å². The van der Waals surface area contributed by atoms with Crippen molar-refractivity contribution in [3.63, 3.8) is 0 Å². The fourth-order valence-corrected chi connectivity index (χ4v) is 1.42. The number of nitrogens with one attached hydrogen (secondary N) is 3.